The van der Waals surface area contributed by atoms with Crippen molar-refractivity contribution in [2.75, 3.05) is 5.32 Å². The summed E-state index contributed by atoms with van der Waals surface area (Å²) in [5, 5.41) is 8.06. The van der Waals surface area contributed by atoms with Gasteiger partial charge in [-0.2, -0.15) is 5.10 Å². The number of pyridine rings is 1. The fourth-order valence-corrected chi connectivity index (χ4v) is 3.36. The van der Waals surface area contributed by atoms with Crippen LogP contribution in [0.5, 0.6) is 0 Å². The van der Waals surface area contributed by atoms with Crippen molar-refractivity contribution < 1.29 is 4.79 Å². The van der Waals surface area contributed by atoms with Gasteiger partial charge in [-0.05, 0) is 47.1 Å². The van der Waals surface area contributed by atoms with E-state index in [2.05, 4.69) is 47.3 Å². The zero-order valence-corrected chi connectivity index (χ0v) is 15.1. The normalized spacial score (nSPS) is 10.9. The smallest absolute Gasteiger partial charge is 0.257 e. The molecule has 3 rings (SSSR count). The van der Waals surface area contributed by atoms with Gasteiger partial charge >= 0.3 is 0 Å². The van der Waals surface area contributed by atoms with E-state index in [1.165, 1.54) is 0 Å². The molecular weight excluding hydrogens is 412 g/mol. The summed E-state index contributed by atoms with van der Waals surface area (Å²) in [4.78, 5) is 16.7. The minimum atomic E-state index is -0.208. The molecule has 0 saturated carbocycles. The van der Waals surface area contributed by atoms with Crippen LogP contribution in [0, 0.1) is 6.92 Å². The third-order valence-corrected chi connectivity index (χ3v) is 4.45. The second kappa shape index (κ2) is 5.81. The standard InChI is InChI=1S/C15H12Br2N4O/c1-8-11-5-9(7-18-14(11)21(2)20-8)15(22)19-13-4-3-10(16)6-12(13)17/h3-7H,1-2H3,(H,19,22). The second-order valence-electron chi connectivity index (χ2n) is 4.88. The SMILES string of the molecule is Cc1nn(C)c2ncc(C(=O)Nc3ccc(Br)cc3Br)cc12. The van der Waals surface area contributed by atoms with Gasteiger partial charge < -0.3 is 5.32 Å². The predicted octanol–water partition coefficient (Wildman–Crippen LogP) is 4.05. The number of carbonyl (C=O) groups excluding carboxylic acids is 1. The van der Waals surface area contributed by atoms with Gasteiger partial charge in [-0.1, -0.05) is 15.9 Å². The highest BCUT2D eigenvalue weighted by molar-refractivity contribution is 9.11. The van der Waals surface area contributed by atoms with Crippen LogP contribution < -0.4 is 5.32 Å². The van der Waals surface area contributed by atoms with Gasteiger partial charge in [0.1, 0.15) is 0 Å². The first-order valence-electron chi connectivity index (χ1n) is 6.51. The molecule has 0 aliphatic heterocycles. The Morgan fingerprint density at radius 3 is 2.77 bits per heavy atom. The Morgan fingerprint density at radius 2 is 2.05 bits per heavy atom. The highest BCUT2D eigenvalue weighted by Crippen LogP contribution is 2.27. The van der Waals surface area contributed by atoms with Crippen molar-refractivity contribution in [3.63, 3.8) is 0 Å². The fraction of sp³-hybridized carbons (Fsp3) is 0.133. The van der Waals surface area contributed by atoms with E-state index in [9.17, 15) is 4.79 Å². The highest BCUT2D eigenvalue weighted by Gasteiger charge is 2.13. The zero-order valence-electron chi connectivity index (χ0n) is 11.9. The third kappa shape index (κ3) is 2.78. The lowest BCUT2D eigenvalue weighted by atomic mass is 10.2. The minimum Gasteiger partial charge on any atom is -0.321 e. The molecule has 2 aromatic heterocycles. The maximum atomic E-state index is 12.4. The lowest BCUT2D eigenvalue weighted by Gasteiger charge is -2.08. The number of fused-ring (bicyclic) bond motifs is 1. The quantitative estimate of drug-likeness (QED) is 0.676. The summed E-state index contributed by atoms with van der Waals surface area (Å²) in [6.45, 7) is 1.90. The number of carbonyl (C=O) groups is 1. The molecular formula is C15H12Br2N4O. The van der Waals surface area contributed by atoms with Crippen LogP contribution in [0.25, 0.3) is 11.0 Å². The van der Waals surface area contributed by atoms with Crippen LogP contribution in [0.2, 0.25) is 0 Å². The monoisotopic (exact) mass is 422 g/mol. The number of amides is 1. The van der Waals surface area contributed by atoms with Crippen LogP contribution in [0.4, 0.5) is 5.69 Å². The molecule has 0 bridgehead atoms. The molecule has 0 radical (unpaired) electrons. The lowest BCUT2D eigenvalue weighted by molar-refractivity contribution is 0.102. The molecule has 0 unspecified atom stereocenters. The Balaban J connectivity index is 1.93. The van der Waals surface area contributed by atoms with E-state index in [1.807, 2.05) is 38.2 Å². The first-order valence-corrected chi connectivity index (χ1v) is 8.10. The van der Waals surface area contributed by atoms with E-state index in [4.69, 9.17) is 0 Å². The van der Waals surface area contributed by atoms with Crippen LogP contribution >= 0.6 is 31.9 Å². The van der Waals surface area contributed by atoms with Crippen molar-refractivity contribution >= 4 is 54.5 Å². The number of aromatic nitrogens is 3. The molecule has 2 heterocycles. The van der Waals surface area contributed by atoms with Crippen molar-refractivity contribution in [2.45, 2.75) is 6.92 Å². The number of nitrogens with one attached hydrogen (secondary N) is 1. The number of benzene rings is 1. The van der Waals surface area contributed by atoms with Gasteiger partial charge in [-0.25, -0.2) is 4.98 Å². The summed E-state index contributed by atoms with van der Waals surface area (Å²) >= 11 is 6.81. The molecule has 0 spiro atoms. The second-order valence-corrected chi connectivity index (χ2v) is 6.65. The molecule has 7 heteroatoms. The van der Waals surface area contributed by atoms with Crippen LogP contribution in [-0.2, 0) is 7.05 Å². The first kappa shape index (κ1) is 15.2. The van der Waals surface area contributed by atoms with Gasteiger partial charge in [0, 0.05) is 27.6 Å². The van der Waals surface area contributed by atoms with Crippen molar-refractivity contribution in [3.05, 3.63) is 50.7 Å². The summed E-state index contributed by atoms with van der Waals surface area (Å²) in [6, 6.07) is 7.38. The molecule has 3 aromatic rings. The number of rotatable bonds is 2. The molecule has 0 saturated heterocycles. The van der Waals surface area contributed by atoms with Crippen LogP contribution in [0.1, 0.15) is 16.1 Å². The van der Waals surface area contributed by atoms with Crippen LogP contribution in [0.15, 0.2) is 39.4 Å². The van der Waals surface area contributed by atoms with E-state index < -0.39 is 0 Å². The van der Waals surface area contributed by atoms with Crippen LogP contribution in [-0.4, -0.2) is 20.7 Å². The molecule has 1 aromatic carbocycles. The molecule has 5 nitrogen and oxygen atoms in total. The number of anilines is 1. The molecule has 0 fully saturated rings. The lowest BCUT2D eigenvalue weighted by Crippen LogP contribution is -2.12. The summed E-state index contributed by atoms with van der Waals surface area (Å²) < 4.78 is 3.45. The number of nitrogens with zero attached hydrogens (tertiary/aromatic N) is 3. The molecule has 0 aliphatic carbocycles. The van der Waals surface area contributed by atoms with Crippen molar-refractivity contribution in [2.24, 2.45) is 7.05 Å². The average molecular weight is 424 g/mol. The van der Waals surface area contributed by atoms with Gasteiger partial charge in [-0.3, -0.25) is 9.48 Å². The maximum Gasteiger partial charge on any atom is 0.257 e. The minimum absolute atomic E-state index is 0.208. The topological polar surface area (TPSA) is 59.8 Å². The highest BCUT2D eigenvalue weighted by atomic mass is 79.9. The number of hydrogen-bond acceptors (Lipinski definition) is 3. The van der Waals surface area contributed by atoms with E-state index >= 15 is 0 Å². The maximum absolute atomic E-state index is 12.4. The third-order valence-electron chi connectivity index (χ3n) is 3.30. The Morgan fingerprint density at radius 1 is 1.27 bits per heavy atom. The summed E-state index contributed by atoms with van der Waals surface area (Å²) in [7, 11) is 1.83. The van der Waals surface area contributed by atoms with Crippen molar-refractivity contribution in [1.82, 2.24) is 14.8 Å². The Bertz CT molecular complexity index is 889. The molecule has 1 N–H and O–H groups in total. The largest absolute Gasteiger partial charge is 0.321 e. The number of halogens is 2. The zero-order chi connectivity index (χ0) is 15.9. The molecule has 112 valence electrons. The molecule has 0 aliphatic rings. The van der Waals surface area contributed by atoms with Crippen molar-refractivity contribution in [1.29, 1.82) is 0 Å². The average Bonchev–Trinajstić information content (AvgIpc) is 2.76. The first-order chi connectivity index (χ1) is 10.5. The Labute approximate surface area is 144 Å². The van der Waals surface area contributed by atoms with Crippen molar-refractivity contribution in [3.8, 4) is 0 Å². The van der Waals surface area contributed by atoms with E-state index in [-0.39, 0.29) is 5.91 Å². The van der Waals surface area contributed by atoms with Gasteiger partial charge in [0.25, 0.3) is 5.91 Å². The molecule has 22 heavy (non-hydrogen) atoms. The van der Waals surface area contributed by atoms with E-state index in [0.717, 1.165) is 25.7 Å². The fourth-order valence-electron chi connectivity index (χ4n) is 2.22. The van der Waals surface area contributed by atoms with Gasteiger partial charge in [-0.15, -0.1) is 0 Å². The molecule has 1 amide bonds. The summed E-state index contributed by atoms with van der Waals surface area (Å²) in [5.41, 5.74) is 2.82. The van der Waals surface area contributed by atoms with E-state index in [0.29, 0.717) is 11.3 Å². The predicted molar refractivity (Wildman–Crippen MR) is 93.0 cm³/mol. The molecule has 0 atom stereocenters. The van der Waals surface area contributed by atoms with Crippen LogP contribution in [0.3, 0.4) is 0 Å². The van der Waals surface area contributed by atoms with Gasteiger partial charge in [0.2, 0.25) is 0 Å². The summed E-state index contributed by atoms with van der Waals surface area (Å²) in [6.07, 6.45) is 1.56. The summed E-state index contributed by atoms with van der Waals surface area (Å²) in [5.74, 6) is -0.208. The van der Waals surface area contributed by atoms with Gasteiger partial charge in [0.15, 0.2) is 5.65 Å². The Kier molecular flexibility index (Phi) is 4.01. The number of aryl methyl sites for hydroxylation is 2. The van der Waals surface area contributed by atoms with E-state index in [1.54, 1.807) is 10.9 Å². The Hall–Kier alpha value is -1.73. The number of hydrogen-bond donors (Lipinski definition) is 1. The van der Waals surface area contributed by atoms with Gasteiger partial charge in [0.05, 0.1) is 16.9 Å².